The Morgan fingerprint density at radius 2 is 1.42 bits per heavy atom. The summed E-state index contributed by atoms with van der Waals surface area (Å²) >= 11 is 0. The van der Waals surface area contributed by atoms with E-state index in [1.165, 1.54) is 0 Å². The van der Waals surface area contributed by atoms with E-state index in [1.54, 1.807) is 48.5 Å². The zero-order valence-corrected chi connectivity index (χ0v) is 14.2. The fourth-order valence-electron chi connectivity index (χ4n) is 2.91. The molecule has 1 fully saturated rings. The second-order valence-corrected chi connectivity index (χ2v) is 5.80. The molecule has 24 heavy (non-hydrogen) atoms. The van der Waals surface area contributed by atoms with Gasteiger partial charge in [0.2, 0.25) is 5.60 Å². The first-order chi connectivity index (χ1) is 11.2. The van der Waals surface area contributed by atoms with Crippen LogP contribution in [0.25, 0.3) is 0 Å². The standard InChI is InChI=1S/C19H21NO3.ClH/c21-18(23-17-11-13-20-14-12-17)19(22,15-7-3-1-4-8-15)16-9-5-2-6-10-16;/h1-10,17,20,22H,11-14H2;1H. The number of hydrogen-bond acceptors (Lipinski definition) is 4. The minimum Gasteiger partial charge on any atom is -0.460 e. The summed E-state index contributed by atoms with van der Waals surface area (Å²) in [7, 11) is 0. The van der Waals surface area contributed by atoms with E-state index in [1.807, 2.05) is 12.1 Å². The van der Waals surface area contributed by atoms with Gasteiger partial charge in [-0.2, -0.15) is 0 Å². The molecule has 0 aliphatic carbocycles. The quantitative estimate of drug-likeness (QED) is 0.835. The first-order valence-electron chi connectivity index (χ1n) is 7.96. The highest BCUT2D eigenvalue weighted by Gasteiger charge is 2.42. The number of rotatable bonds is 4. The van der Waals surface area contributed by atoms with Gasteiger partial charge in [-0.15, -0.1) is 12.4 Å². The SMILES string of the molecule is Cl.O=C(OC1CCNCC1)C(O)(c1ccccc1)c1ccccc1. The number of hydrogen-bond donors (Lipinski definition) is 2. The second kappa shape index (κ2) is 8.29. The molecule has 4 nitrogen and oxygen atoms in total. The molecule has 128 valence electrons. The van der Waals surface area contributed by atoms with Crippen LogP contribution in [0, 0.1) is 0 Å². The molecule has 3 rings (SSSR count). The Hall–Kier alpha value is -1.88. The number of esters is 1. The molecule has 1 heterocycles. The van der Waals surface area contributed by atoms with E-state index < -0.39 is 11.6 Å². The van der Waals surface area contributed by atoms with Crippen LogP contribution >= 0.6 is 12.4 Å². The molecule has 5 heteroatoms. The number of halogens is 1. The molecular formula is C19H22ClNO3. The highest BCUT2D eigenvalue weighted by atomic mass is 35.5. The first-order valence-corrected chi connectivity index (χ1v) is 7.96. The third-order valence-corrected chi connectivity index (χ3v) is 4.24. The van der Waals surface area contributed by atoms with Crippen LogP contribution in [0.15, 0.2) is 60.7 Å². The minimum absolute atomic E-state index is 0. The van der Waals surface area contributed by atoms with Gasteiger partial charge in [0.25, 0.3) is 0 Å². The van der Waals surface area contributed by atoms with Crippen LogP contribution in [0.4, 0.5) is 0 Å². The summed E-state index contributed by atoms with van der Waals surface area (Å²) in [6.45, 7) is 1.65. The van der Waals surface area contributed by atoms with Crippen molar-refractivity contribution in [2.75, 3.05) is 13.1 Å². The van der Waals surface area contributed by atoms with Gasteiger partial charge < -0.3 is 15.2 Å². The average molecular weight is 348 g/mol. The van der Waals surface area contributed by atoms with E-state index in [0.29, 0.717) is 11.1 Å². The fraction of sp³-hybridized carbons (Fsp3) is 0.316. The minimum atomic E-state index is -1.78. The molecule has 2 aromatic rings. The average Bonchev–Trinajstić information content (AvgIpc) is 2.63. The number of nitrogens with one attached hydrogen (secondary N) is 1. The van der Waals surface area contributed by atoms with Crippen molar-refractivity contribution in [2.45, 2.75) is 24.5 Å². The first kappa shape index (κ1) is 18.5. The molecule has 0 saturated carbocycles. The molecule has 0 aromatic heterocycles. The maximum atomic E-state index is 12.8. The van der Waals surface area contributed by atoms with Crippen molar-refractivity contribution >= 4 is 18.4 Å². The molecule has 2 N–H and O–H groups in total. The van der Waals surface area contributed by atoms with Crippen molar-refractivity contribution < 1.29 is 14.6 Å². The summed E-state index contributed by atoms with van der Waals surface area (Å²) in [5.74, 6) is -0.609. The van der Waals surface area contributed by atoms with Crippen LogP contribution in [0.2, 0.25) is 0 Å². The molecule has 0 radical (unpaired) electrons. The lowest BCUT2D eigenvalue weighted by Crippen LogP contribution is -2.42. The van der Waals surface area contributed by atoms with Crippen molar-refractivity contribution in [3.63, 3.8) is 0 Å². The molecule has 1 saturated heterocycles. The van der Waals surface area contributed by atoms with Gasteiger partial charge in [0, 0.05) is 0 Å². The Kier molecular flexibility index (Phi) is 6.37. The van der Waals surface area contributed by atoms with Crippen molar-refractivity contribution in [3.05, 3.63) is 71.8 Å². The van der Waals surface area contributed by atoms with Gasteiger partial charge in [-0.05, 0) is 37.1 Å². The molecular weight excluding hydrogens is 326 g/mol. The largest absolute Gasteiger partial charge is 0.460 e. The lowest BCUT2D eigenvalue weighted by atomic mass is 9.86. The smallest absolute Gasteiger partial charge is 0.347 e. The van der Waals surface area contributed by atoms with Gasteiger partial charge in [0.15, 0.2) is 0 Å². The second-order valence-electron chi connectivity index (χ2n) is 5.80. The topological polar surface area (TPSA) is 58.6 Å². The van der Waals surface area contributed by atoms with Gasteiger partial charge in [0.05, 0.1) is 0 Å². The normalized spacial score (nSPS) is 15.4. The van der Waals surface area contributed by atoms with Crippen molar-refractivity contribution in [1.29, 1.82) is 0 Å². The molecule has 0 bridgehead atoms. The van der Waals surface area contributed by atoms with Crippen LogP contribution in [0.5, 0.6) is 0 Å². The Morgan fingerprint density at radius 1 is 0.958 bits per heavy atom. The summed E-state index contributed by atoms with van der Waals surface area (Å²) in [6, 6.07) is 17.9. The molecule has 1 aliphatic heterocycles. The third-order valence-electron chi connectivity index (χ3n) is 4.24. The number of ether oxygens (including phenoxy) is 1. The number of carbonyl (C=O) groups excluding carboxylic acids is 1. The summed E-state index contributed by atoms with van der Waals surface area (Å²) < 4.78 is 5.64. The zero-order chi connectivity index (χ0) is 16.1. The number of benzene rings is 2. The number of aliphatic hydroxyl groups is 1. The maximum Gasteiger partial charge on any atom is 0.347 e. The molecule has 0 amide bonds. The van der Waals surface area contributed by atoms with E-state index >= 15 is 0 Å². The van der Waals surface area contributed by atoms with Crippen LogP contribution in [0.3, 0.4) is 0 Å². The van der Waals surface area contributed by atoms with Crippen LogP contribution < -0.4 is 5.32 Å². The molecule has 2 aromatic carbocycles. The lowest BCUT2D eigenvalue weighted by Gasteiger charge is -2.30. The number of piperidine rings is 1. The summed E-state index contributed by atoms with van der Waals surface area (Å²) in [6.07, 6.45) is 1.39. The van der Waals surface area contributed by atoms with Crippen LogP contribution in [0.1, 0.15) is 24.0 Å². The summed E-state index contributed by atoms with van der Waals surface area (Å²) in [4.78, 5) is 12.8. The van der Waals surface area contributed by atoms with Crippen molar-refractivity contribution in [3.8, 4) is 0 Å². The van der Waals surface area contributed by atoms with Crippen molar-refractivity contribution in [2.24, 2.45) is 0 Å². The van der Waals surface area contributed by atoms with Crippen molar-refractivity contribution in [1.82, 2.24) is 5.32 Å². The van der Waals surface area contributed by atoms with Crippen LogP contribution in [-0.4, -0.2) is 30.3 Å². The fourth-order valence-corrected chi connectivity index (χ4v) is 2.91. The van der Waals surface area contributed by atoms with Gasteiger partial charge in [0.1, 0.15) is 6.10 Å². The maximum absolute atomic E-state index is 12.8. The lowest BCUT2D eigenvalue weighted by molar-refractivity contribution is -0.169. The van der Waals surface area contributed by atoms with E-state index in [2.05, 4.69) is 5.32 Å². The molecule has 1 aliphatic rings. The van der Waals surface area contributed by atoms with E-state index in [0.717, 1.165) is 25.9 Å². The monoisotopic (exact) mass is 347 g/mol. The Labute approximate surface area is 148 Å². The van der Waals surface area contributed by atoms with Crippen LogP contribution in [-0.2, 0) is 15.1 Å². The highest BCUT2D eigenvalue weighted by molar-refractivity contribution is 5.86. The Morgan fingerprint density at radius 3 is 1.88 bits per heavy atom. The van der Waals surface area contributed by atoms with E-state index in [-0.39, 0.29) is 18.5 Å². The Balaban J connectivity index is 0.00000208. The molecule has 0 spiro atoms. The molecule has 0 unspecified atom stereocenters. The van der Waals surface area contributed by atoms with Gasteiger partial charge >= 0.3 is 5.97 Å². The Bertz CT molecular complexity index is 603. The predicted octanol–water partition coefficient (Wildman–Crippen LogP) is 2.64. The molecule has 0 atom stereocenters. The summed E-state index contributed by atoms with van der Waals surface area (Å²) in [5.41, 5.74) is -0.747. The van der Waals surface area contributed by atoms with Gasteiger partial charge in [-0.3, -0.25) is 0 Å². The van der Waals surface area contributed by atoms with Gasteiger partial charge in [-0.25, -0.2) is 4.79 Å². The van der Waals surface area contributed by atoms with E-state index in [9.17, 15) is 9.90 Å². The van der Waals surface area contributed by atoms with E-state index in [4.69, 9.17) is 4.74 Å². The number of carbonyl (C=O) groups is 1. The summed E-state index contributed by atoms with van der Waals surface area (Å²) in [5, 5.41) is 14.5. The van der Waals surface area contributed by atoms with Gasteiger partial charge in [-0.1, -0.05) is 60.7 Å². The zero-order valence-electron chi connectivity index (χ0n) is 13.4. The predicted molar refractivity (Wildman–Crippen MR) is 95.1 cm³/mol. The highest BCUT2D eigenvalue weighted by Crippen LogP contribution is 2.32. The third kappa shape index (κ3) is 3.78.